The number of halogens is 1. The Balaban J connectivity index is 1.67. The third kappa shape index (κ3) is 5.10. The molecule has 0 bridgehead atoms. The summed E-state index contributed by atoms with van der Waals surface area (Å²) in [4.78, 5) is 12.4. The molecule has 29 heavy (non-hydrogen) atoms. The second-order valence-electron chi connectivity index (χ2n) is 5.96. The number of hydrogen-bond acceptors (Lipinski definition) is 6. The largest absolute Gasteiger partial charge is 0.493 e. The first kappa shape index (κ1) is 21.2. The van der Waals surface area contributed by atoms with Crippen molar-refractivity contribution in [3.8, 4) is 22.9 Å². The van der Waals surface area contributed by atoms with Crippen LogP contribution in [0.15, 0.2) is 52.1 Å². The number of hydrogen-bond donors (Lipinski definition) is 1. The molecule has 1 heterocycles. The molecule has 0 saturated carbocycles. The lowest BCUT2D eigenvalue weighted by atomic mass is 10.2. The Kier molecular flexibility index (Phi) is 7.16. The summed E-state index contributed by atoms with van der Waals surface area (Å²) in [6.45, 7) is 2.73. The number of nitrogens with one attached hydrogen (secondary N) is 1. The van der Waals surface area contributed by atoms with Gasteiger partial charge in [-0.1, -0.05) is 39.8 Å². The van der Waals surface area contributed by atoms with Crippen LogP contribution in [0.25, 0.3) is 11.4 Å². The zero-order valence-corrected chi connectivity index (χ0v) is 18.7. The van der Waals surface area contributed by atoms with Crippen molar-refractivity contribution in [1.29, 1.82) is 0 Å². The molecule has 0 unspecified atom stereocenters. The van der Waals surface area contributed by atoms with Gasteiger partial charge in [0.1, 0.15) is 0 Å². The summed E-state index contributed by atoms with van der Waals surface area (Å²) >= 11 is 4.78. The van der Waals surface area contributed by atoms with Gasteiger partial charge in [-0.3, -0.25) is 4.79 Å². The van der Waals surface area contributed by atoms with E-state index in [1.54, 1.807) is 32.4 Å². The third-order valence-electron chi connectivity index (χ3n) is 4.14. The van der Waals surface area contributed by atoms with Crippen LogP contribution in [-0.4, -0.2) is 40.6 Å². The van der Waals surface area contributed by atoms with E-state index in [1.165, 1.54) is 11.8 Å². The molecular weight excluding hydrogens is 456 g/mol. The first-order valence-corrected chi connectivity index (χ1v) is 10.7. The molecule has 0 aliphatic rings. The Labute approximate surface area is 181 Å². The highest BCUT2D eigenvalue weighted by molar-refractivity contribution is 9.10. The second kappa shape index (κ2) is 9.80. The van der Waals surface area contributed by atoms with Gasteiger partial charge in [-0.25, -0.2) is 0 Å². The predicted octanol–water partition coefficient (Wildman–Crippen LogP) is 4.48. The fourth-order valence-electron chi connectivity index (χ4n) is 2.73. The number of rotatable bonds is 8. The Hall–Kier alpha value is -2.52. The molecule has 9 heteroatoms. The number of carbonyl (C=O) groups is 1. The fourth-order valence-corrected chi connectivity index (χ4v) is 3.80. The second-order valence-corrected chi connectivity index (χ2v) is 7.82. The van der Waals surface area contributed by atoms with Crippen LogP contribution in [0.4, 0.5) is 5.69 Å². The highest BCUT2D eigenvalue weighted by atomic mass is 79.9. The lowest BCUT2D eigenvalue weighted by Gasteiger charge is -2.11. The van der Waals surface area contributed by atoms with Crippen molar-refractivity contribution in [2.45, 2.75) is 18.6 Å². The average Bonchev–Trinajstić information content (AvgIpc) is 3.15. The lowest BCUT2D eigenvalue weighted by molar-refractivity contribution is -0.113. The van der Waals surface area contributed by atoms with Gasteiger partial charge in [-0.05, 0) is 31.2 Å². The molecule has 7 nitrogen and oxygen atoms in total. The normalized spacial score (nSPS) is 10.6. The lowest BCUT2D eigenvalue weighted by Crippen LogP contribution is -2.14. The summed E-state index contributed by atoms with van der Waals surface area (Å²) in [5.74, 6) is 2.02. The standard InChI is InChI=1S/C20H21BrN4O3S/c1-4-25-19(13-5-7-14(21)8-6-13)23-24-20(25)29-12-18(26)22-15-9-10-16(27-2)17(11-15)28-3/h5-11H,4,12H2,1-3H3,(H,22,26). The maximum atomic E-state index is 12.4. The molecule has 3 rings (SSSR count). The molecule has 3 aromatic rings. The highest BCUT2D eigenvalue weighted by Gasteiger charge is 2.15. The van der Waals surface area contributed by atoms with Gasteiger partial charge in [0.25, 0.3) is 0 Å². The van der Waals surface area contributed by atoms with Gasteiger partial charge in [-0.15, -0.1) is 10.2 Å². The smallest absolute Gasteiger partial charge is 0.234 e. The summed E-state index contributed by atoms with van der Waals surface area (Å²) in [7, 11) is 3.12. The van der Waals surface area contributed by atoms with E-state index in [0.29, 0.717) is 28.9 Å². The number of anilines is 1. The summed E-state index contributed by atoms with van der Waals surface area (Å²) in [5, 5.41) is 12.1. The van der Waals surface area contributed by atoms with Crippen molar-refractivity contribution in [2.24, 2.45) is 0 Å². The van der Waals surface area contributed by atoms with E-state index >= 15 is 0 Å². The van der Waals surface area contributed by atoms with Crippen molar-refractivity contribution in [1.82, 2.24) is 14.8 Å². The van der Waals surface area contributed by atoms with Gasteiger partial charge in [-0.2, -0.15) is 0 Å². The van der Waals surface area contributed by atoms with Crippen molar-refractivity contribution in [2.75, 3.05) is 25.3 Å². The summed E-state index contributed by atoms with van der Waals surface area (Å²) in [5.41, 5.74) is 1.62. The van der Waals surface area contributed by atoms with E-state index in [9.17, 15) is 4.79 Å². The molecule has 0 aliphatic carbocycles. The molecule has 0 radical (unpaired) electrons. The van der Waals surface area contributed by atoms with Crippen LogP contribution in [0.3, 0.4) is 0 Å². The number of aromatic nitrogens is 3. The van der Waals surface area contributed by atoms with Crippen molar-refractivity contribution < 1.29 is 14.3 Å². The Morgan fingerprint density at radius 3 is 2.48 bits per heavy atom. The molecule has 0 saturated heterocycles. The molecule has 1 aromatic heterocycles. The molecule has 0 aliphatic heterocycles. The first-order valence-electron chi connectivity index (χ1n) is 8.89. The summed E-state index contributed by atoms with van der Waals surface area (Å²) in [6.07, 6.45) is 0. The van der Waals surface area contributed by atoms with E-state index < -0.39 is 0 Å². The van der Waals surface area contributed by atoms with Gasteiger partial charge >= 0.3 is 0 Å². The molecule has 152 valence electrons. The van der Waals surface area contributed by atoms with Crippen LogP contribution in [0.1, 0.15) is 6.92 Å². The van der Waals surface area contributed by atoms with Crippen LogP contribution in [0.5, 0.6) is 11.5 Å². The quantitative estimate of drug-likeness (QED) is 0.483. The first-order chi connectivity index (χ1) is 14.0. The zero-order chi connectivity index (χ0) is 20.8. The number of ether oxygens (including phenoxy) is 2. The molecule has 1 amide bonds. The summed E-state index contributed by atoms with van der Waals surface area (Å²) < 4.78 is 13.5. The Morgan fingerprint density at radius 2 is 1.83 bits per heavy atom. The molecular formula is C20H21BrN4O3S. The van der Waals surface area contributed by atoms with Gasteiger partial charge in [0.2, 0.25) is 5.91 Å². The average molecular weight is 477 g/mol. The monoisotopic (exact) mass is 476 g/mol. The molecule has 0 spiro atoms. The minimum atomic E-state index is -0.141. The maximum Gasteiger partial charge on any atom is 0.234 e. The van der Waals surface area contributed by atoms with E-state index in [2.05, 4.69) is 31.4 Å². The van der Waals surface area contributed by atoms with E-state index in [-0.39, 0.29) is 11.7 Å². The Morgan fingerprint density at radius 1 is 1.10 bits per heavy atom. The molecule has 0 fully saturated rings. The number of methoxy groups -OCH3 is 2. The van der Waals surface area contributed by atoms with Gasteiger partial charge in [0, 0.05) is 28.3 Å². The number of amides is 1. The number of carbonyl (C=O) groups excluding carboxylic acids is 1. The number of benzene rings is 2. The zero-order valence-electron chi connectivity index (χ0n) is 16.3. The number of nitrogens with zero attached hydrogens (tertiary/aromatic N) is 3. The predicted molar refractivity (Wildman–Crippen MR) is 118 cm³/mol. The van der Waals surface area contributed by atoms with Crippen molar-refractivity contribution >= 4 is 39.3 Å². The van der Waals surface area contributed by atoms with Gasteiger partial charge < -0.3 is 19.4 Å². The van der Waals surface area contributed by atoms with Gasteiger partial charge in [0.15, 0.2) is 22.5 Å². The fraction of sp³-hybridized carbons (Fsp3) is 0.250. The number of thioether (sulfide) groups is 1. The molecule has 1 N–H and O–H groups in total. The van der Waals surface area contributed by atoms with Crippen LogP contribution >= 0.6 is 27.7 Å². The third-order valence-corrected chi connectivity index (χ3v) is 5.63. The molecule has 2 aromatic carbocycles. The van der Waals surface area contributed by atoms with Crippen molar-refractivity contribution in [3.63, 3.8) is 0 Å². The minimum Gasteiger partial charge on any atom is -0.493 e. The van der Waals surface area contributed by atoms with Crippen LogP contribution in [0.2, 0.25) is 0 Å². The topological polar surface area (TPSA) is 78.3 Å². The minimum absolute atomic E-state index is 0.141. The van der Waals surface area contributed by atoms with E-state index in [4.69, 9.17) is 9.47 Å². The molecule has 0 atom stereocenters. The maximum absolute atomic E-state index is 12.4. The summed E-state index contributed by atoms with van der Waals surface area (Å²) in [6, 6.07) is 13.1. The highest BCUT2D eigenvalue weighted by Crippen LogP contribution is 2.30. The Bertz CT molecular complexity index is 992. The van der Waals surface area contributed by atoms with Crippen LogP contribution < -0.4 is 14.8 Å². The van der Waals surface area contributed by atoms with Crippen LogP contribution in [-0.2, 0) is 11.3 Å². The van der Waals surface area contributed by atoms with Gasteiger partial charge in [0.05, 0.1) is 20.0 Å². The van der Waals surface area contributed by atoms with Crippen molar-refractivity contribution in [3.05, 3.63) is 46.9 Å². The van der Waals surface area contributed by atoms with E-state index in [1.807, 2.05) is 35.8 Å². The SMILES string of the molecule is CCn1c(SCC(=O)Nc2ccc(OC)c(OC)c2)nnc1-c1ccc(Br)cc1. The van der Waals surface area contributed by atoms with E-state index in [0.717, 1.165) is 15.9 Å². The van der Waals surface area contributed by atoms with Crippen LogP contribution in [0, 0.1) is 0 Å².